The molecule has 4 rings (SSSR count). The lowest BCUT2D eigenvalue weighted by atomic mass is 9.93. The number of aromatic amines is 1. The van der Waals surface area contributed by atoms with E-state index in [1.807, 2.05) is 29.7 Å². The number of aryl methyl sites for hydroxylation is 1. The Hall–Kier alpha value is -2.42. The van der Waals surface area contributed by atoms with E-state index in [9.17, 15) is 18.4 Å². The van der Waals surface area contributed by atoms with Gasteiger partial charge >= 0.3 is 11.8 Å². The predicted octanol–water partition coefficient (Wildman–Crippen LogP) is 3.43. The van der Waals surface area contributed by atoms with Gasteiger partial charge in [-0.25, -0.2) is 14.0 Å². The van der Waals surface area contributed by atoms with Gasteiger partial charge in [0.15, 0.2) is 0 Å². The highest BCUT2D eigenvalue weighted by molar-refractivity contribution is 5.76. The molecule has 1 amide bonds. The fourth-order valence-electron chi connectivity index (χ4n) is 4.85. The quantitative estimate of drug-likeness (QED) is 0.794. The van der Waals surface area contributed by atoms with Crippen LogP contribution in [0, 0.1) is 6.92 Å². The molecule has 2 aromatic rings. The average molecular weight is 439 g/mol. The third kappa shape index (κ3) is 4.76. The van der Waals surface area contributed by atoms with Gasteiger partial charge in [0.25, 0.3) is 0 Å². The van der Waals surface area contributed by atoms with Gasteiger partial charge in [-0.15, -0.1) is 0 Å². The van der Waals surface area contributed by atoms with Crippen molar-refractivity contribution in [3.05, 3.63) is 34.2 Å². The number of hydrogen-bond donors (Lipinski definition) is 1. The molecule has 0 saturated carbocycles. The number of nitrogens with one attached hydrogen (secondary N) is 1. The third-order valence-electron chi connectivity index (χ3n) is 6.48. The van der Waals surface area contributed by atoms with Gasteiger partial charge < -0.3 is 14.6 Å². The fraction of sp³-hybridized carbons (Fsp3) is 0.636. The largest absolute Gasteiger partial charge is 0.447 e. The summed E-state index contributed by atoms with van der Waals surface area (Å²) in [6.45, 7) is 6.33. The summed E-state index contributed by atoms with van der Waals surface area (Å²) < 4.78 is 28.6. The number of benzene rings is 1. The van der Waals surface area contributed by atoms with E-state index in [-0.39, 0.29) is 23.9 Å². The zero-order valence-corrected chi connectivity index (χ0v) is 18.5. The highest BCUT2D eigenvalue weighted by atomic mass is 19.1. The molecule has 1 atom stereocenters. The molecule has 9 heteroatoms. The molecule has 1 unspecified atom stereocenters. The normalized spacial score (nSPS) is 22.4. The van der Waals surface area contributed by atoms with Crippen LogP contribution in [0.2, 0.25) is 0 Å². The van der Waals surface area contributed by atoms with Crippen molar-refractivity contribution < 1.29 is 18.3 Å². The summed E-state index contributed by atoms with van der Waals surface area (Å²) in [5.41, 5.74) is 2.83. The number of rotatable bonds is 4. The maximum Gasteiger partial charge on any atom is 0.409 e. The Morgan fingerprint density at radius 2 is 1.97 bits per heavy atom. The van der Waals surface area contributed by atoms with E-state index in [0.29, 0.717) is 20.3 Å². The summed E-state index contributed by atoms with van der Waals surface area (Å²) in [6, 6.07) is 6.25. The zero-order chi connectivity index (χ0) is 22.6. The third-order valence-corrected chi connectivity index (χ3v) is 6.48. The molecule has 0 aliphatic carbocycles. The Kier molecular flexibility index (Phi) is 7.35. The smallest absolute Gasteiger partial charge is 0.409 e. The number of nitrogens with zero attached hydrogens (tertiary/aromatic N) is 3. The first-order chi connectivity index (χ1) is 14.9. The molecule has 2 fully saturated rings. The Balaban J connectivity index is 0.00000132. The minimum atomic E-state index is -0.656. The molecule has 31 heavy (non-hydrogen) atoms. The van der Waals surface area contributed by atoms with Crippen molar-refractivity contribution in [1.29, 1.82) is 0 Å². The fourth-order valence-corrected chi connectivity index (χ4v) is 4.85. The van der Waals surface area contributed by atoms with E-state index in [4.69, 9.17) is 4.74 Å². The monoisotopic (exact) mass is 438 g/mol. The lowest BCUT2D eigenvalue weighted by Crippen LogP contribution is -2.52. The zero-order valence-electron chi connectivity index (χ0n) is 18.5. The van der Waals surface area contributed by atoms with E-state index in [1.165, 1.54) is 0 Å². The van der Waals surface area contributed by atoms with Crippen LogP contribution in [0.1, 0.15) is 37.8 Å². The molecular formula is C22H32F2N4O3. The first-order valence-corrected chi connectivity index (χ1v) is 10.7. The summed E-state index contributed by atoms with van der Waals surface area (Å²) >= 11 is 0. The first kappa shape index (κ1) is 23.2. The lowest BCUT2D eigenvalue weighted by molar-refractivity contribution is 0.0621. The number of likely N-dealkylation sites (tertiary alicyclic amines) is 2. The van der Waals surface area contributed by atoms with Crippen LogP contribution in [0.5, 0.6) is 0 Å². The van der Waals surface area contributed by atoms with E-state index in [2.05, 4.69) is 16.8 Å². The molecule has 2 aliphatic rings. The Bertz CT molecular complexity index is 952. The lowest BCUT2D eigenvalue weighted by Gasteiger charge is -2.43. The Labute approximate surface area is 181 Å². The number of aromatic nitrogens is 2. The number of amides is 1. The van der Waals surface area contributed by atoms with Gasteiger partial charge in [0.2, 0.25) is 0 Å². The second kappa shape index (κ2) is 9.80. The topological polar surface area (TPSA) is 70.6 Å². The average Bonchev–Trinajstić information content (AvgIpc) is 3.33. The van der Waals surface area contributed by atoms with Crippen LogP contribution in [0.3, 0.4) is 0 Å². The van der Waals surface area contributed by atoms with Crippen molar-refractivity contribution in [3.8, 4) is 0 Å². The van der Waals surface area contributed by atoms with Crippen LogP contribution < -0.4 is 5.69 Å². The molecule has 1 N–H and O–H groups in total. The van der Waals surface area contributed by atoms with E-state index < -0.39 is 12.8 Å². The first-order valence-electron chi connectivity index (χ1n) is 10.7. The number of hydrogen-bond acceptors (Lipinski definition) is 4. The summed E-state index contributed by atoms with van der Waals surface area (Å²) in [6.07, 6.45) is 2.22. The van der Waals surface area contributed by atoms with Crippen LogP contribution in [-0.4, -0.2) is 77.6 Å². The van der Waals surface area contributed by atoms with E-state index in [0.717, 1.165) is 48.9 Å². The van der Waals surface area contributed by atoms with Gasteiger partial charge in [-0.05, 0) is 50.8 Å². The Morgan fingerprint density at radius 1 is 1.26 bits per heavy atom. The molecule has 1 aromatic carbocycles. The number of fused-ring (bicyclic) bond motifs is 1. The van der Waals surface area contributed by atoms with Crippen LogP contribution in [0.15, 0.2) is 23.0 Å². The number of ether oxygens (including phenoxy) is 1. The van der Waals surface area contributed by atoms with Gasteiger partial charge in [0.05, 0.1) is 18.2 Å². The predicted molar refractivity (Wildman–Crippen MR) is 116 cm³/mol. The number of alkyl halides is 2. The van der Waals surface area contributed by atoms with E-state index in [1.54, 1.807) is 4.90 Å². The standard InChI is InChI=1S/C21H29FN4O3.CH3F/c1-15-3-4-18-17(13-15)23-19(27)26(18)16-5-9-25(10-6-16)21(2)7-11-24(14-21)20(28)29-12-8-22;1-2/h3-4,13,16H,5-12,14H2,1-2H3,(H,23,27);1H3. The van der Waals surface area contributed by atoms with Gasteiger partial charge in [-0.1, -0.05) is 6.07 Å². The van der Waals surface area contributed by atoms with Crippen LogP contribution >= 0.6 is 0 Å². The number of H-pyrrole nitrogens is 1. The highest BCUT2D eigenvalue weighted by Crippen LogP contribution is 2.34. The second-order valence-electron chi connectivity index (χ2n) is 8.51. The van der Waals surface area contributed by atoms with E-state index >= 15 is 0 Å². The van der Waals surface area contributed by atoms with Crippen LogP contribution in [0.25, 0.3) is 11.0 Å². The van der Waals surface area contributed by atoms with Crippen molar-refractivity contribution in [3.63, 3.8) is 0 Å². The molecular weight excluding hydrogens is 406 g/mol. The molecule has 2 aliphatic heterocycles. The van der Waals surface area contributed by atoms with Crippen molar-refractivity contribution in [1.82, 2.24) is 19.4 Å². The van der Waals surface area contributed by atoms with Gasteiger partial charge in [-0.3, -0.25) is 13.9 Å². The summed E-state index contributed by atoms with van der Waals surface area (Å²) in [7, 11) is 0.500. The highest BCUT2D eigenvalue weighted by Gasteiger charge is 2.42. The van der Waals surface area contributed by atoms with Crippen molar-refractivity contribution in [2.45, 2.75) is 44.7 Å². The summed E-state index contributed by atoms with van der Waals surface area (Å²) in [5.74, 6) is 0. The molecule has 0 radical (unpaired) electrons. The van der Waals surface area contributed by atoms with Gasteiger partial charge in [0.1, 0.15) is 13.3 Å². The molecule has 7 nitrogen and oxygen atoms in total. The summed E-state index contributed by atoms with van der Waals surface area (Å²) in [5, 5.41) is 0. The SMILES string of the molecule is CF.Cc1ccc2c(c1)[nH]c(=O)n2C1CCN(C2(C)CCN(C(=O)OCCF)C2)CC1. The number of carbonyl (C=O) groups excluding carboxylic acids is 1. The number of imidazole rings is 1. The number of halogens is 2. The molecule has 0 bridgehead atoms. The minimum Gasteiger partial charge on any atom is -0.447 e. The van der Waals surface area contributed by atoms with Crippen molar-refractivity contribution in [2.75, 3.05) is 46.6 Å². The second-order valence-corrected chi connectivity index (χ2v) is 8.51. The van der Waals surface area contributed by atoms with Gasteiger partial charge in [-0.2, -0.15) is 0 Å². The maximum absolute atomic E-state index is 12.6. The Morgan fingerprint density at radius 3 is 2.65 bits per heavy atom. The van der Waals surface area contributed by atoms with Crippen LogP contribution in [-0.2, 0) is 4.74 Å². The van der Waals surface area contributed by atoms with Gasteiger partial charge in [0, 0.05) is 37.8 Å². The molecule has 2 saturated heterocycles. The minimum absolute atomic E-state index is 0.0436. The van der Waals surface area contributed by atoms with Crippen LogP contribution in [0.4, 0.5) is 13.6 Å². The van der Waals surface area contributed by atoms with Crippen molar-refractivity contribution >= 4 is 17.1 Å². The summed E-state index contributed by atoms with van der Waals surface area (Å²) in [4.78, 5) is 31.7. The molecule has 0 spiro atoms. The molecule has 3 heterocycles. The molecule has 172 valence electrons. The van der Waals surface area contributed by atoms with Crippen molar-refractivity contribution in [2.24, 2.45) is 0 Å². The molecule has 1 aromatic heterocycles. The maximum atomic E-state index is 12.6. The number of piperidine rings is 1. The number of carbonyl (C=O) groups is 1.